The van der Waals surface area contributed by atoms with Gasteiger partial charge in [-0.2, -0.15) is 0 Å². The van der Waals surface area contributed by atoms with E-state index in [0.29, 0.717) is 36.4 Å². The second kappa shape index (κ2) is 8.15. The molecule has 3 heterocycles. The molecule has 0 aliphatic carbocycles. The minimum Gasteiger partial charge on any atom is -0.395 e. The van der Waals surface area contributed by atoms with Crippen LogP contribution < -0.4 is 0 Å². The Balaban J connectivity index is 1.52. The van der Waals surface area contributed by atoms with Gasteiger partial charge in [0.1, 0.15) is 0 Å². The number of piperidine rings is 1. The predicted molar refractivity (Wildman–Crippen MR) is 95.8 cm³/mol. The van der Waals surface area contributed by atoms with Crippen molar-refractivity contribution in [3.8, 4) is 0 Å². The molecule has 5 nitrogen and oxygen atoms in total. The lowest BCUT2D eigenvalue weighted by Gasteiger charge is -2.37. The predicted octanol–water partition coefficient (Wildman–Crippen LogP) is 1.41. The molecule has 0 aromatic carbocycles. The van der Waals surface area contributed by atoms with Crippen molar-refractivity contribution in [2.45, 2.75) is 58.0 Å². The van der Waals surface area contributed by atoms with E-state index in [-0.39, 0.29) is 6.61 Å². The van der Waals surface area contributed by atoms with Crippen LogP contribution in [0.15, 0.2) is 0 Å². The van der Waals surface area contributed by atoms with Crippen LogP contribution in [0.3, 0.4) is 0 Å². The molecule has 4 atom stereocenters. The number of rotatable bonds is 5. The van der Waals surface area contributed by atoms with Crippen LogP contribution >= 0.6 is 0 Å². The van der Waals surface area contributed by atoms with E-state index in [4.69, 9.17) is 0 Å². The fourth-order valence-electron chi connectivity index (χ4n) is 5.06. The lowest BCUT2D eigenvalue weighted by Crippen LogP contribution is -2.50. The lowest BCUT2D eigenvalue weighted by molar-refractivity contribution is -0.135. The van der Waals surface area contributed by atoms with Gasteiger partial charge in [-0.3, -0.25) is 14.6 Å². The molecular formula is C19H35N3O2. The third-order valence-corrected chi connectivity index (χ3v) is 6.21. The molecule has 5 heteroatoms. The molecule has 3 aliphatic heterocycles. The smallest absolute Gasteiger partial charge is 0.236 e. The summed E-state index contributed by atoms with van der Waals surface area (Å²) in [5.41, 5.74) is 0. The van der Waals surface area contributed by atoms with Crippen LogP contribution in [-0.4, -0.2) is 83.7 Å². The molecule has 3 aliphatic rings. The summed E-state index contributed by atoms with van der Waals surface area (Å²) < 4.78 is 0. The molecule has 0 aromatic heterocycles. The van der Waals surface area contributed by atoms with Crippen molar-refractivity contribution in [3.05, 3.63) is 0 Å². The Bertz CT molecular complexity index is 421. The summed E-state index contributed by atoms with van der Waals surface area (Å²) in [5.74, 6) is 1.57. The second-order valence-electron chi connectivity index (χ2n) is 8.48. The summed E-state index contributed by atoms with van der Waals surface area (Å²) in [6.07, 6.45) is 5.94. The van der Waals surface area contributed by atoms with Gasteiger partial charge in [0.15, 0.2) is 0 Å². The minimum atomic E-state index is 0.273. The summed E-state index contributed by atoms with van der Waals surface area (Å²) in [5, 5.41) is 9.53. The van der Waals surface area contributed by atoms with Crippen molar-refractivity contribution in [1.29, 1.82) is 0 Å². The Morgan fingerprint density at radius 1 is 1.00 bits per heavy atom. The average molecular weight is 338 g/mol. The number of likely N-dealkylation sites (tertiary alicyclic amines) is 3. The van der Waals surface area contributed by atoms with Gasteiger partial charge in [0.2, 0.25) is 5.91 Å². The first-order chi connectivity index (χ1) is 11.6. The van der Waals surface area contributed by atoms with Crippen LogP contribution in [0, 0.1) is 11.8 Å². The van der Waals surface area contributed by atoms with E-state index in [1.165, 1.54) is 25.7 Å². The van der Waals surface area contributed by atoms with Crippen molar-refractivity contribution in [2.75, 3.05) is 45.9 Å². The number of carbonyl (C=O) groups is 1. The number of nitrogens with zero attached hydrogens (tertiary/aromatic N) is 3. The maximum atomic E-state index is 12.8. The average Bonchev–Trinajstić information content (AvgIpc) is 3.16. The molecule has 0 aromatic rings. The fourth-order valence-corrected chi connectivity index (χ4v) is 5.06. The highest BCUT2D eigenvalue weighted by Crippen LogP contribution is 2.25. The number of aliphatic hydroxyl groups excluding tert-OH is 1. The molecule has 1 amide bonds. The van der Waals surface area contributed by atoms with Gasteiger partial charge in [0.25, 0.3) is 0 Å². The number of aliphatic hydroxyl groups is 1. The number of hydrogen-bond acceptors (Lipinski definition) is 4. The molecule has 0 spiro atoms. The largest absolute Gasteiger partial charge is 0.395 e. The van der Waals surface area contributed by atoms with E-state index in [0.717, 1.165) is 39.1 Å². The van der Waals surface area contributed by atoms with Crippen LogP contribution in [0.1, 0.15) is 46.0 Å². The second-order valence-corrected chi connectivity index (χ2v) is 8.48. The van der Waals surface area contributed by atoms with Crippen molar-refractivity contribution in [2.24, 2.45) is 11.8 Å². The zero-order valence-corrected chi connectivity index (χ0v) is 15.5. The molecule has 3 fully saturated rings. The summed E-state index contributed by atoms with van der Waals surface area (Å²) in [6, 6.07) is 0.827. The standard InChI is InChI=1S/C19H35N3O2/c1-15-9-16(2)11-22(10-15)19(24)13-21-8-3-5-17(21)12-20-7-4-6-18(20)14-23/h15-18,23H,3-14H2,1-2H3. The van der Waals surface area contributed by atoms with Crippen molar-refractivity contribution < 1.29 is 9.90 Å². The van der Waals surface area contributed by atoms with Gasteiger partial charge in [-0.25, -0.2) is 0 Å². The van der Waals surface area contributed by atoms with E-state index in [1.54, 1.807) is 0 Å². The first-order valence-electron chi connectivity index (χ1n) is 9.93. The molecule has 138 valence electrons. The maximum Gasteiger partial charge on any atom is 0.236 e. The molecule has 0 bridgehead atoms. The van der Waals surface area contributed by atoms with Crippen LogP contribution in [0.4, 0.5) is 0 Å². The highest BCUT2D eigenvalue weighted by atomic mass is 16.3. The first-order valence-corrected chi connectivity index (χ1v) is 9.93. The van der Waals surface area contributed by atoms with Crippen LogP contribution in [0.25, 0.3) is 0 Å². The van der Waals surface area contributed by atoms with Gasteiger partial charge in [-0.15, -0.1) is 0 Å². The summed E-state index contributed by atoms with van der Waals surface area (Å²) in [7, 11) is 0. The number of carbonyl (C=O) groups excluding carboxylic acids is 1. The van der Waals surface area contributed by atoms with Crippen molar-refractivity contribution in [3.63, 3.8) is 0 Å². The quantitative estimate of drug-likeness (QED) is 0.824. The minimum absolute atomic E-state index is 0.273. The van der Waals surface area contributed by atoms with Gasteiger partial charge in [0.05, 0.1) is 13.2 Å². The molecule has 0 saturated carbocycles. The topological polar surface area (TPSA) is 47.0 Å². The monoisotopic (exact) mass is 337 g/mol. The van der Waals surface area contributed by atoms with Crippen molar-refractivity contribution in [1.82, 2.24) is 14.7 Å². The molecule has 4 unspecified atom stereocenters. The molecule has 3 rings (SSSR count). The van der Waals surface area contributed by atoms with Gasteiger partial charge >= 0.3 is 0 Å². The molecule has 0 radical (unpaired) electrons. The molecule has 3 saturated heterocycles. The summed E-state index contributed by atoms with van der Waals surface area (Å²) in [4.78, 5) is 19.7. The first kappa shape index (κ1) is 18.2. The number of hydrogen-bond donors (Lipinski definition) is 1. The Kier molecular flexibility index (Phi) is 6.17. The summed E-state index contributed by atoms with van der Waals surface area (Å²) >= 11 is 0. The van der Waals surface area contributed by atoms with E-state index in [2.05, 4.69) is 28.5 Å². The zero-order valence-electron chi connectivity index (χ0n) is 15.5. The lowest BCUT2D eigenvalue weighted by atomic mass is 9.92. The maximum absolute atomic E-state index is 12.8. The van der Waals surface area contributed by atoms with E-state index < -0.39 is 0 Å². The Morgan fingerprint density at radius 3 is 2.29 bits per heavy atom. The zero-order chi connectivity index (χ0) is 17.1. The third-order valence-electron chi connectivity index (χ3n) is 6.21. The highest BCUT2D eigenvalue weighted by Gasteiger charge is 2.33. The summed E-state index contributed by atoms with van der Waals surface area (Å²) in [6.45, 7) is 10.4. The fraction of sp³-hybridized carbons (Fsp3) is 0.947. The van der Waals surface area contributed by atoms with Gasteiger partial charge in [0, 0.05) is 31.7 Å². The van der Waals surface area contributed by atoms with E-state index >= 15 is 0 Å². The van der Waals surface area contributed by atoms with Crippen LogP contribution in [0.2, 0.25) is 0 Å². The van der Waals surface area contributed by atoms with Gasteiger partial charge in [-0.1, -0.05) is 13.8 Å². The third kappa shape index (κ3) is 4.30. The Hall–Kier alpha value is -0.650. The van der Waals surface area contributed by atoms with Crippen LogP contribution in [0.5, 0.6) is 0 Å². The molecular weight excluding hydrogens is 302 g/mol. The molecule has 1 N–H and O–H groups in total. The van der Waals surface area contributed by atoms with Gasteiger partial charge in [-0.05, 0) is 57.0 Å². The highest BCUT2D eigenvalue weighted by molar-refractivity contribution is 5.78. The van der Waals surface area contributed by atoms with E-state index in [9.17, 15) is 9.90 Å². The molecule has 24 heavy (non-hydrogen) atoms. The number of amides is 1. The Labute approximate surface area is 147 Å². The normalized spacial score (nSPS) is 35.7. The van der Waals surface area contributed by atoms with Gasteiger partial charge < -0.3 is 10.0 Å². The Morgan fingerprint density at radius 2 is 1.62 bits per heavy atom. The van der Waals surface area contributed by atoms with Crippen LogP contribution in [-0.2, 0) is 4.79 Å². The van der Waals surface area contributed by atoms with E-state index in [1.807, 2.05) is 0 Å². The van der Waals surface area contributed by atoms with Crippen molar-refractivity contribution >= 4 is 5.91 Å². The SMILES string of the molecule is CC1CC(C)CN(C(=O)CN2CCCC2CN2CCCC2CO)C1.